The number of fused-ring (bicyclic) bond motifs is 1. The first-order valence-corrected chi connectivity index (χ1v) is 8.75. The first kappa shape index (κ1) is 13.8. The van der Waals surface area contributed by atoms with E-state index >= 15 is 0 Å². The van der Waals surface area contributed by atoms with Crippen molar-refractivity contribution in [2.24, 2.45) is 0 Å². The van der Waals surface area contributed by atoms with Crippen LogP contribution in [0.3, 0.4) is 0 Å². The van der Waals surface area contributed by atoms with E-state index in [9.17, 15) is 0 Å². The molecule has 0 fully saturated rings. The Labute approximate surface area is 128 Å². The fourth-order valence-electron chi connectivity index (χ4n) is 2.53. The molecular weight excluding hydrogens is 286 g/mol. The molecule has 0 saturated heterocycles. The first-order valence-electron chi connectivity index (χ1n) is 6.99. The molecule has 1 N–H and O–H groups in total. The Bertz CT molecular complexity index is 581. The van der Waals surface area contributed by atoms with Crippen LogP contribution in [0.1, 0.15) is 31.9 Å². The van der Waals surface area contributed by atoms with Gasteiger partial charge in [-0.05, 0) is 42.5 Å². The van der Waals surface area contributed by atoms with Gasteiger partial charge >= 0.3 is 0 Å². The summed E-state index contributed by atoms with van der Waals surface area (Å²) in [6.45, 7) is 5.02. The van der Waals surface area contributed by atoms with E-state index in [2.05, 4.69) is 35.8 Å². The lowest BCUT2D eigenvalue weighted by Crippen LogP contribution is -2.18. The summed E-state index contributed by atoms with van der Waals surface area (Å²) in [5.74, 6) is 0.932. The number of benzene rings is 1. The number of ether oxygens (including phenoxy) is 1. The van der Waals surface area contributed by atoms with Crippen LogP contribution in [0.25, 0.3) is 0 Å². The third-order valence-electron chi connectivity index (χ3n) is 3.40. The maximum absolute atomic E-state index is 5.57. The van der Waals surface area contributed by atoms with Crippen molar-refractivity contribution < 1.29 is 4.74 Å². The molecule has 0 aliphatic carbocycles. The lowest BCUT2D eigenvalue weighted by molar-refractivity contribution is 0.340. The van der Waals surface area contributed by atoms with E-state index in [-0.39, 0.29) is 0 Å². The van der Waals surface area contributed by atoms with E-state index in [1.165, 1.54) is 9.77 Å². The second kappa shape index (κ2) is 6.10. The summed E-state index contributed by atoms with van der Waals surface area (Å²) in [5.41, 5.74) is 2.58. The molecule has 2 aromatic rings. The normalized spacial score (nSPS) is 21.3. The van der Waals surface area contributed by atoms with Gasteiger partial charge in [0.2, 0.25) is 0 Å². The van der Waals surface area contributed by atoms with Gasteiger partial charge in [-0.1, -0.05) is 13.0 Å². The highest BCUT2D eigenvalue weighted by Gasteiger charge is 2.26. The zero-order valence-electron chi connectivity index (χ0n) is 11.8. The van der Waals surface area contributed by atoms with Gasteiger partial charge in [0.25, 0.3) is 0 Å². The molecule has 0 spiro atoms. The molecule has 0 amide bonds. The topological polar surface area (TPSA) is 21.3 Å². The predicted octanol–water partition coefficient (Wildman–Crippen LogP) is 5.18. The second-order valence-corrected chi connectivity index (χ2v) is 7.61. The molecule has 1 aliphatic rings. The minimum atomic E-state index is 0.407. The molecule has 2 heterocycles. The van der Waals surface area contributed by atoms with Crippen LogP contribution in [-0.4, -0.2) is 11.9 Å². The summed E-state index contributed by atoms with van der Waals surface area (Å²) in [5, 5.41) is 6.52. The van der Waals surface area contributed by atoms with Crippen LogP contribution in [0.15, 0.2) is 39.9 Å². The summed E-state index contributed by atoms with van der Waals surface area (Å²) in [6, 6.07) is 10.9. The summed E-state index contributed by atoms with van der Waals surface area (Å²) in [6.07, 6.45) is 1.16. The molecule has 2 nitrogen and oxygen atoms in total. The first-order chi connectivity index (χ1) is 9.76. The Morgan fingerprint density at radius 2 is 2.25 bits per heavy atom. The minimum absolute atomic E-state index is 0.407. The lowest BCUT2D eigenvalue weighted by Gasteiger charge is -2.28. The Balaban J connectivity index is 1.80. The summed E-state index contributed by atoms with van der Waals surface area (Å²) in [4.78, 5) is 0. The average Bonchev–Trinajstić information content (AvgIpc) is 2.87. The van der Waals surface area contributed by atoms with Crippen LogP contribution >= 0.6 is 23.1 Å². The van der Waals surface area contributed by atoms with Gasteiger partial charge in [-0.25, -0.2) is 0 Å². The number of rotatable bonds is 4. The van der Waals surface area contributed by atoms with Gasteiger partial charge in [-0.2, -0.15) is 0 Å². The molecule has 3 rings (SSSR count). The predicted molar refractivity (Wildman–Crippen MR) is 88.2 cm³/mol. The standard InChI is InChI=1S/C16H19NOS2/c1-3-18-13-6-4-5-12(10-13)17-15-9-11(2)20-16-14(15)7-8-19-16/h4-8,10-11,15,17H,3,9H2,1-2H3/t11-,15?/m0/s1. The van der Waals surface area contributed by atoms with E-state index in [0.717, 1.165) is 17.9 Å². The van der Waals surface area contributed by atoms with Crippen molar-refractivity contribution in [3.05, 3.63) is 41.3 Å². The third-order valence-corrected chi connectivity index (χ3v) is 5.74. The van der Waals surface area contributed by atoms with Crippen molar-refractivity contribution in [3.63, 3.8) is 0 Å². The molecule has 2 atom stereocenters. The van der Waals surface area contributed by atoms with Gasteiger partial charge in [-0.3, -0.25) is 0 Å². The van der Waals surface area contributed by atoms with Gasteiger partial charge in [0.15, 0.2) is 0 Å². The van der Waals surface area contributed by atoms with E-state index in [1.807, 2.05) is 42.2 Å². The van der Waals surface area contributed by atoms with Crippen LogP contribution in [0.2, 0.25) is 0 Å². The number of anilines is 1. The molecule has 1 aromatic heterocycles. The van der Waals surface area contributed by atoms with Crippen molar-refractivity contribution in [1.82, 2.24) is 0 Å². The van der Waals surface area contributed by atoms with Crippen LogP contribution in [0, 0.1) is 0 Å². The van der Waals surface area contributed by atoms with Gasteiger partial charge in [0.05, 0.1) is 16.9 Å². The molecule has 0 radical (unpaired) electrons. The molecular formula is C16H19NOS2. The smallest absolute Gasteiger partial charge is 0.121 e. The van der Waals surface area contributed by atoms with Crippen LogP contribution < -0.4 is 10.1 Å². The number of hydrogen-bond donors (Lipinski definition) is 1. The fraction of sp³-hybridized carbons (Fsp3) is 0.375. The summed E-state index contributed by atoms with van der Waals surface area (Å²) < 4.78 is 7.03. The summed E-state index contributed by atoms with van der Waals surface area (Å²) >= 11 is 3.85. The maximum Gasteiger partial charge on any atom is 0.121 e. The van der Waals surface area contributed by atoms with E-state index < -0.39 is 0 Å². The number of thiophene rings is 1. The Hall–Kier alpha value is -1.13. The Morgan fingerprint density at radius 3 is 3.10 bits per heavy atom. The van der Waals surface area contributed by atoms with Crippen LogP contribution in [0.5, 0.6) is 5.75 Å². The minimum Gasteiger partial charge on any atom is -0.494 e. The lowest BCUT2D eigenvalue weighted by atomic mass is 10.0. The maximum atomic E-state index is 5.57. The highest BCUT2D eigenvalue weighted by molar-refractivity contribution is 8.01. The Morgan fingerprint density at radius 1 is 1.35 bits per heavy atom. The molecule has 4 heteroatoms. The van der Waals surface area contributed by atoms with Gasteiger partial charge in [0.1, 0.15) is 5.75 Å². The van der Waals surface area contributed by atoms with Crippen LogP contribution in [0.4, 0.5) is 5.69 Å². The molecule has 0 saturated carbocycles. The fourth-order valence-corrected chi connectivity index (χ4v) is 5.10. The molecule has 20 heavy (non-hydrogen) atoms. The van der Waals surface area contributed by atoms with Crippen molar-refractivity contribution in [1.29, 1.82) is 0 Å². The SMILES string of the molecule is CCOc1cccc(NC2C[C@H](C)Sc3sccc32)c1. The van der Waals surface area contributed by atoms with Gasteiger partial charge < -0.3 is 10.1 Å². The van der Waals surface area contributed by atoms with Crippen LogP contribution in [-0.2, 0) is 0 Å². The summed E-state index contributed by atoms with van der Waals surface area (Å²) in [7, 11) is 0. The molecule has 1 aliphatic heterocycles. The zero-order valence-corrected chi connectivity index (χ0v) is 13.4. The van der Waals surface area contributed by atoms with Gasteiger partial charge in [0, 0.05) is 17.0 Å². The van der Waals surface area contributed by atoms with E-state index in [0.29, 0.717) is 17.9 Å². The van der Waals surface area contributed by atoms with Crippen molar-refractivity contribution in [2.75, 3.05) is 11.9 Å². The van der Waals surface area contributed by atoms with E-state index in [1.54, 1.807) is 0 Å². The van der Waals surface area contributed by atoms with Crippen molar-refractivity contribution in [3.8, 4) is 5.75 Å². The van der Waals surface area contributed by atoms with Crippen molar-refractivity contribution >= 4 is 28.8 Å². The molecule has 1 aromatic carbocycles. The Kier molecular flexibility index (Phi) is 4.22. The monoisotopic (exact) mass is 305 g/mol. The number of thioether (sulfide) groups is 1. The highest BCUT2D eigenvalue weighted by Crippen LogP contribution is 2.45. The molecule has 1 unspecified atom stereocenters. The third kappa shape index (κ3) is 2.96. The van der Waals surface area contributed by atoms with Gasteiger partial charge in [-0.15, -0.1) is 23.1 Å². The van der Waals surface area contributed by atoms with Crippen molar-refractivity contribution in [2.45, 2.75) is 35.8 Å². The average molecular weight is 305 g/mol. The number of hydrogen-bond acceptors (Lipinski definition) is 4. The zero-order chi connectivity index (χ0) is 13.9. The highest BCUT2D eigenvalue weighted by atomic mass is 32.2. The second-order valence-electron chi connectivity index (χ2n) is 4.99. The molecule has 106 valence electrons. The largest absolute Gasteiger partial charge is 0.494 e. The quantitative estimate of drug-likeness (QED) is 0.840. The van der Waals surface area contributed by atoms with E-state index in [4.69, 9.17) is 4.74 Å². The molecule has 0 bridgehead atoms. The number of nitrogens with one attached hydrogen (secondary N) is 1.